The minimum Gasteiger partial charge on any atom is -0.481 e. The van der Waals surface area contributed by atoms with Crippen molar-refractivity contribution in [2.45, 2.75) is 52.2 Å². The smallest absolute Gasteiger partial charge is 0.261 e. The summed E-state index contributed by atoms with van der Waals surface area (Å²) < 4.78 is 5.90. The van der Waals surface area contributed by atoms with Crippen LogP contribution >= 0.6 is 0 Å². The highest BCUT2D eigenvalue weighted by atomic mass is 16.5. The quantitative estimate of drug-likeness (QED) is 0.909. The van der Waals surface area contributed by atoms with E-state index in [1.807, 2.05) is 25.1 Å². The first-order valence-electron chi connectivity index (χ1n) is 8.22. The van der Waals surface area contributed by atoms with Crippen molar-refractivity contribution < 1.29 is 9.53 Å². The lowest BCUT2D eigenvalue weighted by Gasteiger charge is -2.30. The Morgan fingerprint density at radius 3 is 2.59 bits per heavy atom. The van der Waals surface area contributed by atoms with Crippen LogP contribution < -0.4 is 10.1 Å². The van der Waals surface area contributed by atoms with E-state index >= 15 is 0 Å². The van der Waals surface area contributed by atoms with Crippen molar-refractivity contribution in [3.8, 4) is 5.75 Å². The fraction of sp³-hybridized carbons (Fsp3) is 0.611. The summed E-state index contributed by atoms with van der Waals surface area (Å²) >= 11 is 0. The van der Waals surface area contributed by atoms with Gasteiger partial charge in [-0.25, -0.2) is 0 Å². The van der Waals surface area contributed by atoms with Gasteiger partial charge < -0.3 is 15.0 Å². The molecule has 4 heteroatoms. The molecular weight excluding hydrogens is 276 g/mol. The van der Waals surface area contributed by atoms with Gasteiger partial charge in [0.05, 0.1) is 0 Å². The molecule has 4 nitrogen and oxygen atoms in total. The van der Waals surface area contributed by atoms with Gasteiger partial charge in [0.15, 0.2) is 6.10 Å². The lowest BCUT2D eigenvalue weighted by atomic mass is 10.1. The van der Waals surface area contributed by atoms with Crippen LogP contribution in [0.25, 0.3) is 0 Å². The number of rotatable bonds is 5. The van der Waals surface area contributed by atoms with E-state index in [9.17, 15) is 4.79 Å². The molecule has 0 radical (unpaired) electrons. The fourth-order valence-corrected chi connectivity index (χ4v) is 2.72. The van der Waals surface area contributed by atoms with Gasteiger partial charge >= 0.3 is 0 Å². The van der Waals surface area contributed by atoms with E-state index in [2.05, 4.69) is 31.1 Å². The number of ether oxygens (including phenoxy) is 1. The Labute approximate surface area is 133 Å². The third-order valence-corrected chi connectivity index (χ3v) is 4.48. The molecule has 0 spiro atoms. The third kappa shape index (κ3) is 4.47. The van der Waals surface area contributed by atoms with E-state index in [0.717, 1.165) is 31.7 Å². The van der Waals surface area contributed by atoms with E-state index < -0.39 is 6.10 Å². The number of nitrogens with one attached hydrogen (secondary N) is 1. The molecule has 0 saturated carbocycles. The monoisotopic (exact) mass is 304 g/mol. The number of benzene rings is 1. The number of carbonyl (C=O) groups is 1. The zero-order valence-corrected chi connectivity index (χ0v) is 14.2. The van der Waals surface area contributed by atoms with Gasteiger partial charge in [-0.2, -0.15) is 0 Å². The van der Waals surface area contributed by atoms with Crippen molar-refractivity contribution in [1.82, 2.24) is 10.2 Å². The highest BCUT2D eigenvalue weighted by Gasteiger charge is 2.24. The first-order valence-corrected chi connectivity index (χ1v) is 8.22. The summed E-state index contributed by atoms with van der Waals surface area (Å²) in [7, 11) is 2.12. The van der Waals surface area contributed by atoms with E-state index in [-0.39, 0.29) is 11.9 Å². The zero-order valence-electron chi connectivity index (χ0n) is 14.2. The van der Waals surface area contributed by atoms with Crippen LogP contribution in [-0.4, -0.2) is 43.1 Å². The fourth-order valence-electron chi connectivity index (χ4n) is 2.72. The summed E-state index contributed by atoms with van der Waals surface area (Å²) in [6.45, 7) is 8.20. The molecule has 0 aromatic heterocycles. The number of carbonyl (C=O) groups excluding carboxylic acids is 1. The summed E-state index contributed by atoms with van der Waals surface area (Å²) in [5, 5.41) is 3.15. The topological polar surface area (TPSA) is 41.6 Å². The van der Waals surface area contributed by atoms with Crippen molar-refractivity contribution in [3.63, 3.8) is 0 Å². The molecule has 122 valence electrons. The first kappa shape index (κ1) is 16.8. The summed E-state index contributed by atoms with van der Waals surface area (Å²) in [5.74, 6) is 0.781. The van der Waals surface area contributed by atoms with Crippen LogP contribution in [0.5, 0.6) is 5.75 Å². The van der Waals surface area contributed by atoms with Gasteiger partial charge in [0, 0.05) is 6.04 Å². The van der Waals surface area contributed by atoms with E-state index in [4.69, 9.17) is 4.74 Å². The van der Waals surface area contributed by atoms with Gasteiger partial charge in [0.2, 0.25) is 0 Å². The lowest BCUT2D eigenvalue weighted by Crippen LogP contribution is -2.47. The number of aryl methyl sites for hydroxylation is 2. The highest BCUT2D eigenvalue weighted by Crippen LogP contribution is 2.19. The van der Waals surface area contributed by atoms with E-state index in [1.165, 1.54) is 11.1 Å². The maximum atomic E-state index is 12.4. The van der Waals surface area contributed by atoms with Gasteiger partial charge in [0.25, 0.3) is 5.91 Å². The molecule has 0 bridgehead atoms. The summed E-state index contributed by atoms with van der Waals surface area (Å²) in [4.78, 5) is 14.7. The minimum atomic E-state index is -0.415. The van der Waals surface area contributed by atoms with Crippen molar-refractivity contribution in [3.05, 3.63) is 29.3 Å². The largest absolute Gasteiger partial charge is 0.481 e. The summed E-state index contributed by atoms with van der Waals surface area (Å²) in [6, 6.07) is 6.25. The Bertz CT molecular complexity index is 508. The summed E-state index contributed by atoms with van der Waals surface area (Å²) in [5.41, 5.74) is 2.42. The average molecular weight is 304 g/mol. The molecule has 2 rings (SSSR count). The van der Waals surface area contributed by atoms with Gasteiger partial charge in [-0.05, 0) is 76.5 Å². The molecule has 1 fully saturated rings. The van der Waals surface area contributed by atoms with Crippen molar-refractivity contribution in [2.75, 3.05) is 20.1 Å². The van der Waals surface area contributed by atoms with Crippen LogP contribution in [0, 0.1) is 13.8 Å². The predicted molar refractivity (Wildman–Crippen MR) is 89.3 cm³/mol. The second kappa shape index (κ2) is 7.63. The third-order valence-electron chi connectivity index (χ3n) is 4.48. The van der Waals surface area contributed by atoms with Crippen LogP contribution in [-0.2, 0) is 4.79 Å². The SMILES string of the molecule is CC[C@@H](Oc1ccc(C)c(C)c1)C(=O)NC1CCN(C)CC1. The molecule has 1 aliphatic heterocycles. The second-order valence-electron chi connectivity index (χ2n) is 6.35. The van der Waals surface area contributed by atoms with Crippen LogP contribution in [0.1, 0.15) is 37.3 Å². The van der Waals surface area contributed by atoms with Crippen LogP contribution in [0.3, 0.4) is 0 Å². The molecule has 0 aliphatic carbocycles. The molecule has 1 saturated heterocycles. The standard InChI is InChI=1S/C18H28N2O2/c1-5-17(22-16-7-6-13(2)14(3)12-16)18(21)19-15-8-10-20(4)11-9-15/h6-7,12,15,17H,5,8-11H2,1-4H3,(H,19,21)/t17-/m1/s1. The Hall–Kier alpha value is -1.55. The molecule has 1 atom stereocenters. The van der Waals surface area contributed by atoms with Crippen LogP contribution in [0.15, 0.2) is 18.2 Å². The number of piperidine rings is 1. The first-order chi connectivity index (χ1) is 10.5. The van der Waals surface area contributed by atoms with Crippen LogP contribution in [0.4, 0.5) is 0 Å². The average Bonchev–Trinajstić information content (AvgIpc) is 2.50. The van der Waals surface area contributed by atoms with Crippen molar-refractivity contribution in [1.29, 1.82) is 0 Å². The number of likely N-dealkylation sites (tertiary alicyclic amines) is 1. The lowest BCUT2D eigenvalue weighted by molar-refractivity contribution is -0.129. The molecule has 1 N–H and O–H groups in total. The highest BCUT2D eigenvalue weighted by molar-refractivity contribution is 5.81. The second-order valence-corrected chi connectivity index (χ2v) is 6.35. The molecule has 22 heavy (non-hydrogen) atoms. The molecule has 1 heterocycles. The van der Waals surface area contributed by atoms with Gasteiger partial charge in [-0.3, -0.25) is 4.79 Å². The minimum absolute atomic E-state index is 0.00952. The maximum absolute atomic E-state index is 12.4. The Balaban J connectivity index is 1.92. The molecule has 1 aliphatic rings. The Kier molecular flexibility index (Phi) is 5.83. The van der Waals surface area contributed by atoms with Gasteiger partial charge in [0.1, 0.15) is 5.75 Å². The Morgan fingerprint density at radius 1 is 1.32 bits per heavy atom. The normalized spacial score (nSPS) is 18.0. The van der Waals surface area contributed by atoms with Gasteiger partial charge in [-0.15, -0.1) is 0 Å². The number of amides is 1. The van der Waals surface area contributed by atoms with E-state index in [0.29, 0.717) is 6.42 Å². The number of nitrogens with zero attached hydrogens (tertiary/aromatic N) is 1. The van der Waals surface area contributed by atoms with Crippen molar-refractivity contribution in [2.24, 2.45) is 0 Å². The Morgan fingerprint density at radius 2 is 2.00 bits per heavy atom. The number of hydrogen-bond acceptors (Lipinski definition) is 3. The maximum Gasteiger partial charge on any atom is 0.261 e. The van der Waals surface area contributed by atoms with Gasteiger partial charge in [-0.1, -0.05) is 13.0 Å². The molecule has 0 unspecified atom stereocenters. The molecule has 1 aromatic rings. The zero-order chi connectivity index (χ0) is 16.1. The molecule has 1 aromatic carbocycles. The van der Waals surface area contributed by atoms with Crippen molar-refractivity contribution >= 4 is 5.91 Å². The molecule has 1 amide bonds. The predicted octanol–water partition coefficient (Wildman–Crippen LogP) is 2.67. The van der Waals surface area contributed by atoms with E-state index in [1.54, 1.807) is 0 Å². The molecular formula is C18H28N2O2. The number of hydrogen-bond donors (Lipinski definition) is 1. The summed E-state index contributed by atoms with van der Waals surface area (Å²) in [6.07, 6.45) is 2.29. The van der Waals surface area contributed by atoms with Crippen LogP contribution in [0.2, 0.25) is 0 Å².